The molecule has 0 spiro atoms. The van der Waals surface area contributed by atoms with E-state index in [9.17, 15) is 4.79 Å². The van der Waals surface area contributed by atoms with Crippen LogP contribution in [0.4, 0.5) is 4.79 Å². The van der Waals surface area contributed by atoms with Gasteiger partial charge in [-0.15, -0.1) is 0 Å². The van der Waals surface area contributed by atoms with Gasteiger partial charge in [0.15, 0.2) is 0 Å². The first-order valence-electron chi connectivity index (χ1n) is 3.28. The number of primary amides is 1. The minimum absolute atomic E-state index is 0.0864. The normalized spacial score (nSPS) is 12.5. The third kappa shape index (κ3) is 5.63. The van der Waals surface area contributed by atoms with Crippen molar-refractivity contribution in [3.05, 3.63) is 6.92 Å². The Morgan fingerprint density at radius 1 is 1.82 bits per heavy atom. The lowest BCUT2D eigenvalue weighted by atomic mass is 10.4. The van der Waals surface area contributed by atoms with Gasteiger partial charge in [-0.1, -0.05) is 0 Å². The molecule has 5 heteroatoms. The monoisotopic (exact) mass is 161 g/mol. The number of amides is 2. The van der Waals surface area contributed by atoms with Crippen LogP contribution in [0.2, 0.25) is 0 Å². The summed E-state index contributed by atoms with van der Waals surface area (Å²) in [6, 6.07) is -0.656. The Bertz CT molecular complexity index is 118. The molecule has 4 N–H and O–H groups in total. The first-order chi connectivity index (χ1) is 5.20. The molecule has 0 saturated carbocycles. The van der Waals surface area contributed by atoms with Crippen LogP contribution in [0.1, 0.15) is 6.42 Å². The van der Waals surface area contributed by atoms with E-state index in [0.29, 0.717) is 6.42 Å². The van der Waals surface area contributed by atoms with Gasteiger partial charge in [0.25, 0.3) is 0 Å². The van der Waals surface area contributed by atoms with Gasteiger partial charge in [0.1, 0.15) is 6.23 Å². The van der Waals surface area contributed by atoms with E-state index < -0.39 is 12.3 Å². The second-order valence-electron chi connectivity index (χ2n) is 1.88. The van der Waals surface area contributed by atoms with Gasteiger partial charge in [-0.2, -0.15) is 0 Å². The number of nitrogens with two attached hydrogens (primary N) is 1. The molecule has 0 fully saturated rings. The van der Waals surface area contributed by atoms with E-state index in [1.165, 1.54) is 0 Å². The topological polar surface area (TPSA) is 84.6 Å². The molecule has 0 aromatic carbocycles. The first-order valence-corrected chi connectivity index (χ1v) is 3.28. The van der Waals surface area contributed by atoms with Crippen LogP contribution in [0, 0.1) is 6.92 Å². The highest BCUT2D eigenvalue weighted by Crippen LogP contribution is 1.91. The number of aliphatic hydroxyl groups excluding tert-OH is 1. The fraction of sp³-hybridized carbons (Fsp3) is 0.667. The molecule has 11 heavy (non-hydrogen) atoms. The standard InChI is InChI=1S/C6H13N2O3/c1-2-5(8-6(7)10)11-4-3-9/h5,9H,1-4H2,(H3,7,8,10). The average molecular weight is 161 g/mol. The van der Waals surface area contributed by atoms with Crippen LogP contribution in [0.15, 0.2) is 0 Å². The Hall–Kier alpha value is -0.810. The van der Waals surface area contributed by atoms with Gasteiger partial charge < -0.3 is 20.9 Å². The lowest BCUT2D eigenvalue weighted by molar-refractivity contribution is 0.0180. The molecular formula is C6H13N2O3. The van der Waals surface area contributed by atoms with E-state index in [2.05, 4.69) is 12.2 Å². The molecule has 65 valence electrons. The van der Waals surface area contributed by atoms with Crippen molar-refractivity contribution in [3.8, 4) is 0 Å². The molecule has 0 aliphatic rings. The number of nitrogens with one attached hydrogen (secondary N) is 1. The van der Waals surface area contributed by atoms with Crippen molar-refractivity contribution in [1.29, 1.82) is 0 Å². The Labute approximate surface area is 65.5 Å². The van der Waals surface area contributed by atoms with Crippen molar-refractivity contribution in [2.75, 3.05) is 13.2 Å². The molecule has 0 rings (SSSR count). The van der Waals surface area contributed by atoms with Crippen LogP contribution < -0.4 is 11.1 Å². The third-order valence-electron chi connectivity index (χ3n) is 0.976. The highest BCUT2D eigenvalue weighted by molar-refractivity contribution is 5.71. The molecule has 0 aromatic rings. The van der Waals surface area contributed by atoms with Crippen molar-refractivity contribution >= 4 is 6.03 Å². The van der Waals surface area contributed by atoms with Gasteiger partial charge in [-0.05, 0) is 13.3 Å². The Morgan fingerprint density at radius 3 is 2.82 bits per heavy atom. The number of aliphatic hydroxyl groups is 1. The van der Waals surface area contributed by atoms with Crippen LogP contribution in [0.5, 0.6) is 0 Å². The summed E-state index contributed by atoms with van der Waals surface area (Å²) in [6.45, 7) is 3.60. The minimum Gasteiger partial charge on any atom is -0.394 e. The largest absolute Gasteiger partial charge is 0.394 e. The van der Waals surface area contributed by atoms with Crippen LogP contribution >= 0.6 is 0 Å². The molecule has 0 saturated heterocycles. The van der Waals surface area contributed by atoms with Gasteiger partial charge in [0.05, 0.1) is 13.2 Å². The van der Waals surface area contributed by atoms with Gasteiger partial charge in [-0.3, -0.25) is 0 Å². The molecule has 0 heterocycles. The van der Waals surface area contributed by atoms with Crippen LogP contribution in [-0.4, -0.2) is 30.6 Å². The van der Waals surface area contributed by atoms with Crippen LogP contribution in [0.3, 0.4) is 0 Å². The number of rotatable bonds is 5. The zero-order chi connectivity index (χ0) is 8.69. The first kappa shape index (κ1) is 10.2. The maximum atomic E-state index is 10.3. The maximum Gasteiger partial charge on any atom is 0.314 e. The van der Waals surface area contributed by atoms with E-state index in [-0.39, 0.29) is 13.2 Å². The molecule has 0 aliphatic heterocycles. The molecule has 1 atom stereocenters. The second-order valence-corrected chi connectivity index (χ2v) is 1.88. The van der Waals surface area contributed by atoms with Crippen LogP contribution in [-0.2, 0) is 4.74 Å². The summed E-state index contributed by atoms with van der Waals surface area (Å²) in [6.07, 6.45) is -0.122. The SMILES string of the molecule is [CH2]CC(NC(N)=O)OCCO. The summed E-state index contributed by atoms with van der Waals surface area (Å²) in [4.78, 5) is 10.3. The number of urea groups is 1. The maximum absolute atomic E-state index is 10.3. The fourth-order valence-electron chi connectivity index (χ4n) is 0.551. The van der Waals surface area contributed by atoms with Gasteiger partial charge in [0.2, 0.25) is 0 Å². The highest BCUT2D eigenvalue weighted by atomic mass is 16.5. The van der Waals surface area contributed by atoms with E-state index in [4.69, 9.17) is 15.6 Å². The summed E-state index contributed by atoms with van der Waals surface area (Å²) < 4.78 is 4.93. The zero-order valence-electron chi connectivity index (χ0n) is 6.25. The van der Waals surface area contributed by atoms with Crippen molar-refractivity contribution in [3.63, 3.8) is 0 Å². The predicted molar refractivity (Wildman–Crippen MR) is 39.5 cm³/mol. The number of carbonyl (C=O) groups is 1. The molecule has 5 nitrogen and oxygen atoms in total. The average Bonchev–Trinajstić information content (AvgIpc) is 1.97. The summed E-state index contributed by atoms with van der Waals surface area (Å²) in [5.74, 6) is 0. The number of carbonyl (C=O) groups excluding carboxylic acids is 1. The smallest absolute Gasteiger partial charge is 0.314 e. The molecule has 0 aliphatic carbocycles. The summed E-state index contributed by atoms with van der Waals surface area (Å²) in [5, 5.41) is 10.7. The van der Waals surface area contributed by atoms with Crippen molar-refractivity contribution in [2.45, 2.75) is 12.6 Å². The summed E-state index contributed by atoms with van der Waals surface area (Å²) in [5.41, 5.74) is 4.82. The fourth-order valence-corrected chi connectivity index (χ4v) is 0.551. The Morgan fingerprint density at radius 2 is 2.45 bits per heavy atom. The molecule has 1 unspecified atom stereocenters. The molecule has 0 aromatic heterocycles. The predicted octanol–water partition coefficient (Wildman–Crippen LogP) is -0.786. The van der Waals surface area contributed by atoms with Crippen molar-refractivity contribution in [1.82, 2.24) is 5.32 Å². The van der Waals surface area contributed by atoms with E-state index in [0.717, 1.165) is 0 Å². The number of hydrogen-bond acceptors (Lipinski definition) is 3. The van der Waals surface area contributed by atoms with Crippen LogP contribution in [0.25, 0.3) is 0 Å². The second kappa shape index (κ2) is 5.94. The molecular weight excluding hydrogens is 148 g/mol. The Kier molecular flexibility index (Phi) is 5.50. The lowest BCUT2D eigenvalue weighted by Gasteiger charge is -2.14. The molecule has 1 radical (unpaired) electrons. The van der Waals surface area contributed by atoms with Gasteiger partial charge >= 0.3 is 6.03 Å². The highest BCUT2D eigenvalue weighted by Gasteiger charge is 2.06. The quantitative estimate of drug-likeness (QED) is 0.462. The van der Waals surface area contributed by atoms with Crippen molar-refractivity contribution < 1.29 is 14.6 Å². The number of hydrogen-bond donors (Lipinski definition) is 3. The molecule has 0 bridgehead atoms. The van der Waals surface area contributed by atoms with Gasteiger partial charge in [0, 0.05) is 0 Å². The third-order valence-corrected chi connectivity index (χ3v) is 0.976. The summed E-state index contributed by atoms with van der Waals surface area (Å²) in [7, 11) is 0. The van der Waals surface area contributed by atoms with E-state index in [1.807, 2.05) is 0 Å². The Balaban J connectivity index is 3.49. The summed E-state index contributed by atoms with van der Waals surface area (Å²) >= 11 is 0. The lowest BCUT2D eigenvalue weighted by Crippen LogP contribution is -2.40. The zero-order valence-corrected chi connectivity index (χ0v) is 6.25. The minimum atomic E-state index is -0.656. The van der Waals surface area contributed by atoms with Gasteiger partial charge in [-0.25, -0.2) is 4.79 Å². The van der Waals surface area contributed by atoms with E-state index in [1.54, 1.807) is 0 Å². The van der Waals surface area contributed by atoms with E-state index >= 15 is 0 Å². The van der Waals surface area contributed by atoms with Crippen molar-refractivity contribution in [2.24, 2.45) is 5.73 Å². The molecule has 2 amide bonds. The number of ether oxygens (including phenoxy) is 1.